The first kappa shape index (κ1) is 16.6. The minimum Gasteiger partial charge on any atom is -0.454 e. The fourth-order valence-corrected chi connectivity index (χ4v) is 2.75. The van der Waals surface area contributed by atoms with Crippen LogP contribution in [0.25, 0.3) is 0 Å². The summed E-state index contributed by atoms with van der Waals surface area (Å²) in [5.41, 5.74) is 7.29. The number of carbonyl (C=O) groups is 1. The number of ether oxygens (including phenoxy) is 2. The molecule has 136 valence electrons. The van der Waals surface area contributed by atoms with Crippen LogP contribution in [0.3, 0.4) is 0 Å². The van der Waals surface area contributed by atoms with E-state index in [4.69, 9.17) is 15.2 Å². The third kappa shape index (κ3) is 3.32. The maximum Gasteiger partial charge on any atom is 0.248 e. The second-order valence-corrected chi connectivity index (χ2v) is 5.87. The number of hydrogen-bond donors (Lipinski definition) is 2. The Morgan fingerprint density at radius 2 is 1.96 bits per heavy atom. The number of benzene rings is 2. The van der Waals surface area contributed by atoms with E-state index in [1.807, 2.05) is 30.1 Å². The molecule has 0 aliphatic carbocycles. The number of fused-ring (bicyclic) bond motifs is 1. The molecule has 1 aromatic heterocycles. The third-order valence-corrected chi connectivity index (χ3v) is 4.15. The molecule has 0 saturated carbocycles. The Bertz CT molecular complexity index is 991. The van der Waals surface area contributed by atoms with Gasteiger partial charge in [0, 0.05) is 24.5 Å². The van der Waals surface area contributed by atoms with Crippen molar-refractivity contribution in [3.63, 3.8) is 0 Å². The molecule has 1 aliphatic heterocycles. The van der Waals surface area contributed by atoms with Crippen molar-refractivity contribution in [1.29, 1.82) is 0 Å². The lowest BCUT2D eigenvalue weighted by Crippen LogP contribution is -2.13. The van der Waals surface area contributed by atoms with E-state index < -0.39 is 5.91 Å². The average Bonchev–Trinajstić information content (AvgIpc) is 3.17. The molecule has 0 radical (unpaired) electrons. The van der Waals surface area contributed by atoms with Crippen LogP contribution in [0.5, 0.6) is 11.5 Å². The SMILES string of the molecule is CN(c1ccnc(Nc2ccc(C(N)=O)cc2)n1)c1cccc2c1OCO2. The average molecular weight is 363 g/mol. The zero-order valence-corrected chi connectivity index (χ0v) is 14.5. The Kier molecular flexibility index (Phi) is 4.21. The Morgan fingerprint density at radius 3 is 2.74 bits per heavy atom. The quantitative estimate of drug-likeness (QED) is 0.718. The molecule has 0 fully saturated rings. The summed E-state index contributed by atoms with van der Waals surface area (Å²) in [5.74, 6) is 2.04. The maximum absolute atomic E-state index is 11.2. The Hall–Kier alpha value is -3.81. The smallest absolute Gasteiger partial charge is 0.248 e. The summed E-state index contributed by atoms with van der Waals surface area (Å²) in [6, 6.07) is 14.3. The molecule has 8 nitrogen and oxygen atoms in total. The summed E-state index contributed by atoms with van der Waals surface area (Å²) in [6.07, 6.45) is 1.67. The van der Waals surface area contributed by atoms with Crippen molar-refractivity contribution >= 4 is 29.0 Å². The van der Waals surface area contributed by atoms with Gasteiger partial charge in [0.25, 0.3) is 0 Å². The maximum atomic E-state index is 11.2. The highest BCUT2D eigenvalue weighted by atomic mass is 16.7. The molecule has 2 aromatic carbocycles. The van der Waals surface area contributed by atoms with Crippen molar-refractivity contribution in [2.24, 2.45) is 5.73 Å². The summed E-state index contributed by atoms with van der Waals surface area (Å²) >= 11 is 0. The molecule has 0 saturated heterocycles. The van der Waals surface area contributed by atoms with Gasteiger partial charge >= 0.3 is 0 Å². The highest BCUT2D eigenvalue weighted by molar-refractivity contribution is 5.93. The number of hydrogen-bond acceptors (Lipinski definition) is 7. The number of nitrogens with one attached hydrogen (secondary N) is 1. The fourth-order valence-electron chi connectivity index (χ4n) is 2.75. The van der Waals surface area contributed by atoms with Crippen molar-refractivity contribution in [1.82, 2.24) is 9.97 Å². The zero-order chi connectivity index (χ0) is 18.8. The predicted molar refractivity (Wildman–Crippen MR) is 101 cm³/mol. The molecule has 3 aromatic rings. The molecular weight excluding hydrogens is 346 g/mol. The number of rotatable bonds is 5. The van der Waals surface area contributed by atoms with Gasteiger partial charge in [-0.15, -0.1) is 0 Å². The van der Waals surface area contributed by atoms with Crippen LogP contribution in [0, 0.1) is 0 Å². The van der Waals surface area contributed by atoms with Crippen molar-refractivity contribution in [3.05, 3.63) is 60.3 Å². The summed E-state index contributed by atoms with van der Waals surface area (Å²) in [5, 5.41) is 3.11. The molecule has 0 atom stereocenters. The van der Waals surface area contributed by atoms with Gasteiger partial charge in [0.2, 0.25) is 18.6 Å². The highest BCUT2D eigenvalue weighted by Crippen LogP contribution is 2.42. The predicted octanol–water partition coefficient (Wildman–Crippen LogP) is 2.82. The highest BCUT2D eigenvalue weighted by Gasteiger charge is 2.21. The normalized spacial score (nSPS) is 11.9. The summed E-state index contributed by atoms with van der Waals surface area (Å²) < 4.78 is 11.0. The topological polar surface area (TPSA) is 103 Å². The van der Waals surface area contributed by atoms with E-state index in [1.165, 1.54) is 0 Å². The summed E-state index contributed by atoms with van der Waals surface area (Å²) in [7, 11) is 1.89. The van der Waals surface area contributed by atoms with Crippen LogP contribution in [0.4, 0.5) is 23.1 Å². The van der Waals surface area contributed by atoms with Crippen LogP contribution < -0.4 is 25.4 Å². The molecule has 2 heterocycles. The molecular formula is C19H17N5O3. The lowest BCUT2D eigenvalue weighted by Gasteiger charge is -2.20. The summed E-state index contributed by atoms with van der Waals surface area (Å²) in [6.45, 7) is 0.206. The monoisotopic (exact) mass is 363 g/mol. The van der Waals surface area contributed by atoms with Crippen LogP contribution >= 0.6 is 0 Å². The van der Waals surface area contributed by atoms with Crippen LogP contribution in [-0.4, -0.2) is 29.7 Å². The molecule has 27 heavy (non-hydrogen) atoms. The van der Waals surface area contributed by atoms with E-state index in [0.29, 0.717) is 28.8 Å². The molecule has 8 heteroatoms. The van der Waals surface area contributed by atoms with Crippen molar-refractivity contribution in [2.45, 2.75) is 0 Å². The number of para-hydroxylation sites is 1. The Morgan fingerprint density at radius 1 is 1.15 bits per heavy atom. The molecule has 4 rings (SSSR count). The minimum atomic E-state index is -0.469. The van der Waals surface area contributed by atoms with Crippen LogP contribution in [-0.2, 0) is 0 Å². The molecule has 1 aliphatic rings. The molecule has 1 amide bonds. The van der Waals surface area contributed by atoms with Crippen LogP contribution in [0.15, 0.2) is 54.7 Å². The third-order valence-electron chi connectivity index (χ3n) is 4.15. The summed E-state index contributed by atoms with van der Waals surface area (Å²) in [4.78, 5) is 21.8. The Balaban J connectivity index is 1.57. The van der Waals surface area contributed by atoms with E-state index in [0.717, 1.165) is 11.4 Å². The van der Waals surface area contributed by atoms with Gasteiger partial charge in [0.15, 0.2) is 11.5 Å². The van der Waals surface area contributed by atoms with Gasteiger partial charge < -0.3 is 25.4 Å². The molecule has 3 N–H and O–H groups in total. The molecule has 0 unspecified atom stereocenters. The van der Waals surface area contributed by atoms with Gasteiger partial charge in [-0.05, 0) is 42.5 Å². The number of aromatic nitrogens is 2. The standard InChI is InChI=1S/C19H17N5O3/c1-24(14-3-2-4-15-17(14)27-11-26-15)16-9-10-21-19(23-16)22-13-7-5-12(6-8-13)18(20)25/h2-10H,11H2,1H3,(H2,20,25)(H,21,22,23). The second-order valence-electron chi connectivity index (χ2n) is 5.87. The van der Waals surface area contributed by atoms with Gasteiger partial charge in [-0.3, -0.25) is 4.79 Å². The van der Waals surface area contributed by atoms with E-state index in [9.17, 15) is 4.79 Å². The first-order valence-electron chi connectivity index (χ1n) is 8.24. The van der Waals surface area contributed by atoms with Gasteiger partial charge in [-0.25, -0.2) is 4.98 Å². The minimum absolute atomic E-state index is 0.206. The van der Waals surface area contributed by atoms with Gasteiger partial charge in [0.05, 0.1) is 5.69 Å². The number of nitrogens with zero attached hydrogens (tertiary/aromatic N) is 3. The van der Waals surface area contributed by atoms with Crippen molar-refractivity contribution in [3.8, 4) is 11.5 Å². The van der Waals surface area contributed by atoms with E-state index in [1.54, 1.807) is 36.5 Å². The lowest BCUT2D eigenvalue weighted by atomic mass is 10.2. The van der Waals surface area contributed by atoms with Crippen LogP contribution in [0.2, 0.25) is 0 Å². The largest absolute Gasteiger partial charge is 0.454 e. The first-order chi connectivity index (χ1) is 13.1. The number of primary amides is 1. The molecule has 0 spiro atoms. The lowest BCUT2D eigenvalue weighted by molar-refractivity contribution is 0.100. The second kappa shape index (κ2) is 6.83. The number of carbonyl (C=O) groups excluding carboxylic acids is 1. The first-order valence-corrected chi connectivity index (χ1v) is 8.24. The van der Waals surface area contributed by atoms with Crippen molar-refractivity contribution in [2.75, 3.05) is 24.1 Å². The molecule has 0 bridgehead atoms. The van der Waals surface area contributed by atoms with Gasteiger partial charge in [-0.2, -0.15) is 4.98 Å². The van der Waals surface area contributed by atoms with Crippen LogP contribution in [0.1, 0.15) is 10.4 Å². The fraction of sp³-hybridized carbons (Fsp3) is 0.105. The van der Waals surface area contributed by atoms with Gasteiger partial charge in [-0.1, -0.05) is 6.07 Å². The number of nitrogens with two attached hydrogens (primary N) is 1. The number of amides is 1. The van der Waals surface area contributed by atoms with Gasteiger partial charge in [0.1, 0.15) is 5.82 Å². The number of anilines is 4. The van der Waals surface area contributed by atoms with E-state index >= 15 is 0 Å². The zero-order valence-electron chi connectivity index (χ0n) is 14.5. The Labute approximate surface area is 155 Å². The van der Waals surface area contributed by atoms with Crippen molar-refractivity contribution < 1.29 is 14.3 Å². The van der Waals surface area contributed by atoms with E-state index in [-0.39, 0.29) is 6.79 Å². The van der Waals surface area contributed by atoms with E-state index in [2.05, 4.69) is 15.3 Å².